The van der Waals surface area contributed by atoms with Gasteiger partial charge in [0.15, 0.2) is 6.10 Å². The molecule has 22 heavy (non-hydrogen) atoms. The Balaban J connectivity index is 1.60. The van der Waals surface area contributed by atoms with E-state index >= 15 is 0 Å². The first kappa shape index (κ1) is 15.3. The highest BCUT2D eigenvalue weighted by atomic mass is 16.5. The Kier molecular flexibility index (Phi) is 4.39. The SMILES string of the molecule is Cc1cccc(OC(C)C(=O)N(C)C2CC3CCC(C2)N3)c1. The zero-order valence-electron chi connectivity index (χ0n) is 13.7. The molecule has 0 aliphatic carbocycles. The van der Waals surface area contributed by atoms with Gasteiger partial charge < -0.3 is 15.0 Å². The van der Waals surface area contributed by atoms with Gasteiger partial charge in [-0.15, -0.1) is 0 Å². The summed E-state index contributed by atoms with van der Waals surface area (Å²) in [5.41, 5.74) is 1.14. The number of carbonyl (C=O) groups is 1. The number of nitrogens with zero attached hydrogens (tertiary/aromatic N) is 1. The van der Waals surface area contributed by atoms with E-state index in [4.69, 9.17) is 4.74 Å². The summed E-state index contributed by atoms with van der Waals surface area (Å²) in [5, 5.41) is 3.62. The first-order chi connectivity index (χ1) is 10.5. The largest absolute Gasteiger partial charge is 0.481 e. The quantitative estimate of drug-likeness (QED) is 0.929. The number of amides is 1. The van der Waals surface area contributed by atoms with Crippen LogP contribution in [0.1, 0.15) is 38.2 Å². The number of rotatable bonds is 4. The maximum atomic E-state index is 12.6. The molecule has 3 rings (SSSR count). The topological polar surface area (TPSA) is 41.6 Å². The van der Waals surface area contributed by atoms with Crippen molar-refractivity contribution in [3.8, 4) is 5.75 Å². The van der Waals surface area contributed by atoms with Crippen molar-refractivity contribution in [2.24, 2.45) is 0 Å². The molecular formula is C18H26N2O2. The number of carbonyl (C=O) groups excluding carboxylic acids is 1. The van der Waals surface area contributed by atoms with Crippen molar-refractivity contribution in [1.29, 1.82) is 0 Å². The van der Waals surface area contributed by atoms with E-state index in [1.807, 2.05) is 50.1 Å². The molecule has 1 N–H and O–H groups in total. The molecule has 4 heteroatoms. The summed E-state index contributed by atoms with van der Waals surface area (Å²) in [7, 11) is 1.92. The van der Waals surface area contributed by atoms with Gasteiger partial charge in [0, 0.05) is 25.2 Å². The third-order valence-electron chi connectivity index (χ3n) is 4.99. The van der Waals surface area contributed by atoms with Crippen molar-refractivity contribution in [2.75, 3.05) is 7.05 Å². The van der Waals surface area contributed by atoms with Crippen molar-refractivity contribution in [3.05, 3.63) is 29.8 Å². The Morgan fingerprint density at radius 2 is 2.00 bits per heavy atom. The summed E-state index contributed by atoms with van der Waals surface area (Å²) in [5.74, 6) is 0.840. The van der Waals surface area contributed by atoms with Gasteiger partial charge in [-0.1, -0.05) is 12.1 Å². The maximum Gasteiger partial charge on any atom is 0.263 e. The van der Waals surface area contributed by atoms with Crippen molar-refractivity contribution in [2.45, 2.75) is 63.8 Å². The second kappa shape index (κ2) is 6.29. The maximum absolute atomic E-state index is 12.6. The molecule has 0 aromatic heterocycles. The molecule has 4 nitrogen and oxygen atoms in total. The molecule has 3 unspecified atom stereocenters. The van der Waals surface area contributed by atoms with Gasteiger partial charge in [0.1, 0.15) is 5.75 Å². The van der Waals surface area contributed by atoms with Gasteiger partial charge in [-0.2, -0.15) is 0 Å². The van der Waals surface area contributed by atoms with Crippen LogP contribution in [0.3, 0.4) is 0 Å². The van der Waals surface area contributed by atoms with Crippen LogP contribution in [0.5, 0.6) is 5.75 Å². The number of hydrogen-bond donors (Lipinski definition) is 1. The minimum atomic E-state index is -0.445. The molecule has 2 heterocycles. The molecule has 2 saturated heterocycles. The van der Waals surface area contributed by atoms with Crippen molar-refractivity contribution in [1.82, 2.24) is 10.2 Å². The lowest BCUT2D eigenvalue weighted by atomic mass is 9.98. The van der Waals surface area contributed by atoms with E-state index in [0.717, 1.165) is 24.2 Å². The minimum Gasteiger partial charge on any atom is -0.481 e. The van der Waals surface area contributed by atoms with Crippen molar-refractivity contribution in [3.63, 3.8) is 0 Å². The first-order valence-corrected chi connectivity index (χ1v) is 8.29. The Morgan fingerprint density at radius 3 is 2.64 bits per heavy atom. The predicted molar refractivity (Wildman–Crippen MR) is 87.0 cm³/mol. The molecule has 2 aliphatic rings. The number of benzene rings is 1. The van der Waals surface area contributed by atoms with Gasteiger partial charge in [-0.05, 0) is 57.2 Å². The molecule has 2 fully saturated rings. The minimum absolute atomic E-state index is 0.0767. The van der Waals surface area contributed by atoms with Crippen LogP contribution < -0.4 is 10.1 Å². The van der Waals surface area contributed by atoms with Crippen LogP contribution >= 0.6 is 0 Å². The molecule has 0 radical (unpaired) electrons. The summed E-state index contributed by atoms with van der Waals surface area (Å²) in [4.78, 5) is 14.6. The van der Waals surface area contributed by atoms with Gasteiger partial charge in [-0.3, -0.25) is 4.79 Å². The van der Waals surface area contributed by atoms with E-state index in [9.17, 15) is 4.79 Å². The van der Waals surface area contributed by atoms with E-state index in [0.29, 0.717) is 18.1 Å². The molecule has 2 aliphatic heterocycles. The summed E-state index contributed by atoms with van der Waals surface area (Å²) in [6.45, 7) is 3.87. The van der Waals surface area contributed by atoms with E-state index < -0.39 is 6.10 Å². The number of likely N-dealkylation sites (N-methyl/N-ethyl adjacent to an activating group) is 1. The number of piperidine rings is 1. The normalized spacial score (nSPS) is 28.2. The average molecular weight is 302 g/mol. The summed E-state index contributed by atoms with van der Waals surface area (Å²) >= 11 is 0. The van der Waals surface area contributed by atoms with E-state index in [1.54, 1.807) is 0 Å². The second-order valence-electron chi connectivity index (χ2n) is 6.79. The summed E-state index contributed by atoms with van der Waals surface area (Å²) in [6.07, 6.45) is 4.18. The zero-order chi connectivity index (χ0) is 15.7. The van der Waals surface area contributed by atoms with Crippen LogP contribution in [0.2, 0.25) is 0 Å². The Morgan fingerprint density at radius 1 is 1.32 bits per heavy atom. The fourth-order valence-corrected chi connectivity index (χ4v) is 3.75. The highest BCUT2D eigenvalue weighted by Gasteiger charge is 2.37. The summed E-state index contributed by atoms with van der Waals surface area (Å²) < 4.78 is 5.83. The van der Waals surface area contributed by atoms with Gasteiger partial charge >= 0.3 is 0 Å². The Bertz CT molecular complexity index is 534. The molecule has 0 saturated carbocycles. The molecule has 1 aromatic rings. The highest BCUT2D eigenvalue weighted by molar-refractivity contribution is 5.81. The molecular weight excluding hydrogens is 276 g/mol. The number of aryl methyl sites for hydroxylation is 1. The first-order valence-electron chi connectivity index (χ1n) is 8.29. The van der Waals surface area contributed by atoms with Crippen molar-refractivity contribution < 1.29 is 9.53 Å². The molecule has 0 spiro atoms. The standard InChI is InChI=1S/C18H26N2O2/c1-12-5-4-6-17(9-12)22-13(2)18(21)20(3)16-10-14-7-8-15(11-16)19-14/h4-6,9,13-16,19H,7-8,10-11H2,1-3H3. The van der Waals surface area contributed by atoms with Gasteiger partial charge in [0.05, 0.1) is 0 Å². The van der Waals surface area contributed by atoms with Crippen LogP contribution in [0.25, 0.3) is 0 Å². The van der Waals surface area contributed by atoms with Crippen LogP contribution in [0.15, 0.2) is 24.3 Å². The Labute approximate surface area is 132 Å². The van der Waals surface area contributed by atoms with E-state index in [2.05, 4.69) is 5.32 Å². The fraction of sp³-hybridized carbons (Fsp3) is 0.611. The second-order valence-corrected chi connectivity index (χ2v) is 6.79. The molecule has 120 valence electrons. The van der Waals surface area contributed by atoms with E-state index in [1.165, 1.54) is 12.8 Å². The van der Waals surface area contributed by atoms with Crippen LogP contribution in [0.4, 0.5) is 0 Å². The average Bonchev–Trinajstić information content (AvgIpc) is 2.84. The molecule has 1 aromatic carbocycles. The van der Waals surface area contributed by atoms with Gasteiger partial charge in [-0.25, -0.2) is 0 Å². The Hall–Kier alpha value is -1.55. The third-order valence-corrected chi connectivity index (χ3v) is 4.99. The third kappa shape index (κ3) is 3.27. The lowest BCUT2D eigenvalue weighted by Crippen LogP contribution is -2.51. The van der Waals surface area contributed by atoms with E-state index in [-0.39, 0.29) is 5.91 Å². The molecule has 3 atom stereocenters. The van der Waals surface area contributed by atoms with Crippen molar-refractivity contribution >= 4 is 5.91 Å². The fourth-order valence-electron chi connectivity index (χ4n) is 3.75. The molecule has 2 bridgehead atoms. The lowest BCUT2D eigenvalue weighted by Gasteiger charge is -2.36. The number of nitrogens with one attached hydrogen (secondary N) is 1. The molecule has 1 amide bonds. The van der Waals surface area contributed by atoms with Crippen LogP contribution in [-0.4, -0.2) is 42.1 Å². The zero-order valence-corrected chi connectivity index (χ0v) is 13.7. The highest BCUT2D eigenvalue weighted by Crippen LogP contribution is 2.29. The number of hydrogen-bond acceptors (Lipinski definition) is 3. The predicted octanol–water partition coefficient (Wildman–Crippen LogP) is 2.50. The lowest BCUT2D eigenvalue weighted by molar-refractivity contribution is -0.139. The smallest absolute Gasteiger partial charge is 0.263 e. The van der Waals surface area contributed by atoms with Gasteiger partial charge in [0.2, 0.25) is 0 Å². The monoisotopic (exact) mass is 302 g/mol. The number of fused-ring (bicyclic) bond motifs is 2. The van der Waals surface area contributed by atoms with Crippen LogP contribution in [-0.2, 0) is 4.79 Å². The number of ether oxygens (including phenoxy) is 1. The van der Waals surface area contributed by atoms with Gasteiger partial charge in [0.25, 0.3) is 5.91 Å². The summed E-state index contributed by atoms with van der Waals surface area (Å²) in [6, 6.07) is 9.37. The van der Waals surface area contributed by atoms with Crippen LogP contribution in [0, 0.1) is 6.92 Å².